The van der Waals surface area contributed by atoms with Crippen molar-refractivity contribution in [2.24, 2.45) is 5.92 Å². The Balaban J connectivity index is 1.99. The normalized spacial score (nSPS) is 30.4. The molecule has 0 unspecified atom stereocenters. The van der Waals surface area contributed by atoms with Gasteiger partial charge in [-0.05, 0) is 31.6 Å². The van der Waals surface area contributed by atoms with Crippen molar-refractivity contribution in [2.45, 2.75) is 38.6 Å². The Morgan fingerprint density at radius 1 is 1.25 bits per heavy atom. The first kappa shape index (κ1) is 7.77. The predicted molar refractivity (Wildman–Crippen MR) is 46.7 cm³/mol. The molecular weight excluding hydrogens is 150 g/mol. The summed E-state index contributed by atoms with van der Waals surface area (Å²) in [5, 5.41) is 4.17. The van der Waals surface area contributed by atoms with Gasteiger partial charge in [-0.25, -0.2) is 9.67 Å². The van der Waals surface area contributed by atoms with E-state index in [0.29, 0.717) is 6.04 Å². The van der Waals surface area contributed by atoms with Crippen LogP contribution in [0, 0.1) is 5.92 Å². The third-order valence-corrected chi connectivity index (χ3v) is 2.80. The average molecular weight is 165 g/mol. The Kier molecular flexibility index (Phi) is 2.11. The van der Waals surface area contributed by atoms with E-state index >= 15 is 0 Å². The molecule has 0 saturated heterocycles. The van der Waals surface area contributed by atoms with Crippen LogP contribution in [0.3, 0.4) is 0 Å². The second-order valence-corrected chi connectivity index (χ2v) is 3.79. The van der Waals surface area contributed by atoms with Crippen molar-refractivity contribution < 1.29 is 0 Å². The van der Waals surface area contributed by atoms with Gasteiger partial charge in [0.1, 0.15) is 12.7 Å². The van der Waals surface area contributed by atoms with E-state index in [9.17, 15) is 0 Å². The minimum absolute atomic E-state index is 0.615. The van der Waals surface area contributed by atoms with Crippen LogP contribution in [-0.4, -0.2) is 14.8 Å². The predicted octanol–water partition coefficient (Wildman–Crippen LogP) is 2.03. The van der Waals surface area contributed by atoms with Gasteiger partial charge in [0.2, 0.25) is 0 Å². The molecule has 0 radical (unpaired) electrons. The molecule has 0 bridgehead atoms. The van der Waals surface area contributed by atoms with Crippen molar-refractivity contribution in [3.05, 3.63) is 12.7 Å². The van der Waals surface area contributed by atoms with Crippen LogP contribution in [0.5, 0.6) is 0 Å². The molecule has 1 fully saturated rings. The molecule has 0 aromatic carbocycles. The molecule has 1 aliphatic carbocycles. The summed E-state index contributed by atoms with van der Waals surface area (Å²) in [6, 6.07) is 0.615. The maximum atomic E-state index is 4.17. The molecule has 1 aromatic heterocycles. The van der Waals surface area contributed by atoms with Gasteiger partial charge >= 0.3 is 0 Å². The maximum absolute atomic E-state index is 4.17. The van der Waals surface area contributed by atoms with Crippen LogP contribution in [0.4, 0.5) is 0 Å². The van der Waals surface area contributed by atoms with Crippen LogP contribution in [0.15, 0.2) is 12.7 Å². The van der Waals surface area contributed by atoms with E-state index < -0.39 is 0 Å². The summed E-state index contributed by atoms with van der Waals surface area (Å²) in [6.07, 6.45) is 8.67. The minimum atomic E-state index is 0.615. The summed E-state index contributed by atoms with van der Waals surface area (Å²) in [5.74, 6) is 0.907. The van der Waals surface area contributed by atoms with Gasteiger partial charge in [0.25, 0.3) is 0 Å². The summed E-state index contributed by atoms with van der Waals surface area (Å²) in [7, 11) is 0. The summed E-state index contributed by atoms with van der Waals surface area (Å²) >= 11 is 0. The molecule has 2 rings (SSSR count). The van der Waals surface area contributed by atoms with Gasteiger partial charge in [0.05, 0.1) is 6.04 Å². The smallest absolute Gasteiger partial charge is 0.137 e. The van der Waals surface area contributed by atoms with Gasteiger partial charge in [0, 0.05) is 0 Å². The topological polar surface area (TPSA) is 30.7 Å². The standard InChI is InChI=1S/C9H15N3/c1-8-2-4-9(5-3-8)12-7-10-6-11-12/h6-9H,2-5H2,1H3. The fourth-order valence-corrected chi connectivity index (χ4v) is 1.91. The van der Waals surface area contributed by atoms with E-state index in [-0.39, 0.29) is 0 Å². The molecule has 3 nitrogen and oxygen atoms in total. The van der Waals surface area contributed by atoms with Crippen LogP contribution in [0.25, 0.3) is 0 Å². The first-order valence-electron chi connectivity index (χ1n) is 4.70. The van der Waals surface area contributed by atoms with Crippen molar-refractivity contribution in [1.82, 2.24) is 14.8 Å². The van der Waals surface area contributed by atoms with Gasteiger partial charge in [-0.2, -0.15) is 5.10 Å². The number of rotatable bonds is 1. The molecule has 0 amide bonds. The molecule has 1 aromatic rings. The van der Waals surface area contributed by atoms with E-state index in [2.05, 4.69) is 17.0 Å². The second kappa shape index (κ2) is 3.25. The highest BCUT2D eigenvalue weighted by molar-refractivity contribution is 4.75. The lowest BCUT2D eigenvalue weighted by molar-refractivity contribution is 0.273. The molecule has 66 valence electrons. The zero-order valence-electron chi connectivity index (χ0n) is 7.48. The van der Waals surface area contributed by atoms with Gasteiger partial charge < -0.3 is 0 Å². The summed E-state index contributed by atoms with van der Waals surface area (Å²) in [6.45, 7) is 2.33. The largest absolute Gasteiger partial charge is 0.250 e. The maximum Gasteiger partial charge on any atom is 0.137 e. The lowest BCUT2D eigenvalue weighted by atomic mass is 9.87. The third kappa shape index (κ3) is 1.49. The van der Waals surface area contributed by atoms with Crippen LogP contribution < -0.4 is 0 Å². The number of nitrogens with zero attached hydrogens (tertiary/aromatic N) is 3. The summed E-state index contributed by atoms with van der Waals surface area (Å²) < 4.78 is 2.01. The number of hydrogen-bond donors (Lipinski definition) is 0. The molecule has 1 saturated carbocycles. The van der Waals surface area contributed by atoms with Crippen molar-refractivity contribution in [3.8, 4) is 0 Å². The van der Waals surface area contributed by atoms with Gasteiger partial charge in [-0.15, -0.1) is 0 Å². The monoisotopic (exact) mass is 165 g/mol. The van der Waals surface area contributed by atoms with Crippen LogP contribution in [-0.2, 0) is 0 Å². The minimum Gasteiger partial charge on any atom is -0.250 e. The van der Waals surface area contributed by atoms with Gasteiger partial charge in [0.15, 0.2) is 0 Å². The molecule has 12 heavy (non-hydrogen) atoms. The number of aromatic nitrogens is 3. The van der Waals surface area contributed by atoms with Crippen LogP contribution in [0.1, 0.15) is 38.6 Å². The molecule has 0 aliphatic heterocycles. The molecule has 1 aliphatic rings. The van der Waals surface area contributed by atoms with Crippen LogP contribution in [0.2, 0.25) is 0 Å². The van der Waals surface area contributed by atoms with E-state index in [1.165, 1.54) is 25.7 Å². The zero-order valence-corrected chi connectivity index (χ0v) is 7.48. The van der Waals surface area contributed by atoms with Crippen molar-refractivity contribution in [1.29, 1.82) is 0 Å². The molecule has 0 atom stereocenters. The lowest BCUT2D eigenvalue weighted by Crippen LogP contribution is -2.16. The van der Waals surface area contributed by atoms with E-state index in [1.807, 2.05) is 11.0 Å². The molecule has 1 heterocycles. The third-order valence-electron chi connectivity index (χ3n) is 2.80. The Labute approximate surface area is 72.8 Å². The summed E-state index contributed by atoms with van der Waals surface area (Å²) in [5.41, 5.74) is 0. The molecule has 0 spiro atoms. The Bertz CT molecular complexity index is 222. The fourth-order valence-electron chi connectivity index (χ4n) is 1.91. The molecule has 3 heteroatoms. The van der Waals surface area contributed by atoms with Gasteiger partial charge in [-0.3, -0.25) is 0 Å². The highest BCUT2D eigenvalue weighted by Gasteiger charge is 2.19. The average Bonchev–Trinajstić information content (AvgIpc) is 2.58. The highest BCUT2D eigenvalue weighted by atomic mass is 15.3. The van der Waals surface area contributed by atoms with E-state index in [1.54, 1.807) is 6.33 Å². The van der Waals surface area contributed by atoms with E-state index in [4.69, 9.17) is 0 Å². The molecule has 0 N–H and O–H groups in total. The zero-order chi connectivity index (χ0) is 8.39. The highest BCUT2D eigenvalue weighted by Crippen LogP contribution is 2.30. The van der Waals surface area contributed by atoms with Crippen molar-refractivity contribution in [3.63, 3.8) is 0 Å². The Morgan fingerprint density at radius 2 is 2.00 bits per heavy atom. The second-order valence-electron chi connectivity index (χ2n) is 3.79. The van der Waals surface area contributed by atoms with Gasteiger partial charge in [-0.1, -0.05) is 6.92 Å². The van der Waals surface area contributed by atoms with Crippen molar-refractivity contribution in [2.75, 3.05) is 0 Å². The number of hydrogen-bond acceptors (Lipinski definition) is 2. The quantitative estimate of drug-likeness (QED) is 0.637. The molecular formula is C9H15N3. The van der Waals surface area contributed by atoms with E-state index in [0.717, 1.165) is 5.92 Å². The fraction of sp³-hybridized carbons (Fsp3) is 0.778. The Morgan fingerprint density at radius 3 is 2.58 bits per heavy atom. The SMILES string of the molecule is CC1CCC(n2cncn2)CC1. The first-order valence-corrected chi connectivity index (χ1v) is 4.70. The van der Waals surface area contributed by atoms with Crippen LogP contribution >= 0.6 is 0 Å². The summed E-state index contributed by atoms with van der Waals surface area (Å²) in [4.78, 5) is 3.97. The lowest BCUT2D eigenvalue weighted by Gasteiger charge is -2.25. The Hall–Kier alpha value is -0.860. The first-order chi connectivity index (χ1) is 5.86. The van der Waals surface area contributed by atoms with Crippen molar-refractivity contribution >= 4 is 0 Å².